The van der Waals surface area contributed by atoms with Gasteiger partial charge in [0.15, 0.2) is 0 Å². The quantitative estimate of drug-likeness (QED) is 0.872. The van der Waals surface area contributed by atoms with Crippen LogP contribution in [0.1, 0.15) is 41.0 Å². The molecule has 1 aliphatic rings. The monoisotopic (exact) mass is 376 g/mol. The second kappa shape index (κ2) is 8.02. The highest BCUT2D eigenvalue weighted by atomic mass is 35.5. The zero-order valence-corrected chi connectivity index (χ0v) is 15.6. The fourth-order valence-electron chi connectivity index (χ4n) is 3.06. The summed E-state index contributed by atoms with van der Waals surface area (Å²) in [5, 5.41) is 5.72. The Morgan fingerprint density at radius 2 is 1.88 bits per heavy atom. The molecule has 1 atom stereocenters. The first kappa shape index (κ1) is 18.0. The van der Waals surface area contributed by atoms with E-state index in [9.17, 15) is 9.59 Å². The lowest BCUT2D eigenvalue weighted by atomic mass is 9.95. The smallest absolute Gasteiger partial charge is 0.253 e. The molecule has 1 fully saturated rings. The van der Waals surface area contributed by atoms with Gasteiger partial charge in [-0.15, -0.1) is 11.3 Å². The predicted molar refractivity (Wildman–Crippen MR) is 101 cm³/mol. The molecule has 0 unspecified atom stereocenters. The highest BCUT2D eigenvalue weighted by Crippen LogP contribution is 2.23. The first-order valence-corrected chi connectivity index (χ1v) is 9.69. The van der Waals surface area contributed by atoms with E-state index in [1.807, 2.05) is 29.3 Å². The summed E-state index contributed by atoms with van der Waals surface area (Å²) in [5.41, 5.74) is 0.638. The fraction of sp³-hybridized carbons (Fsp3) is 0.368. The van der Waals surface area contributed by atoms with Gasteiger partial charge >= 0.3 is 0 Å². The summed E-state index contributed by atoms with van der Waals surface area (Å²) in [6.07, 6.45) is 1.39. The molecule has 132 valence electrons. The number of hydrogen-bond acceptors (Lipinski definition) is 3. The lowest BCUT2D eigenvalue weighted by molar-refractivity contribution is -0.126. The van der Waals surface area contributed by atoms with Crippen LogP contribution in [0.15, 0.2) is 41.8 Å². The maximum Gasteiger partial charge on any atom is 0.253 e. The molecule has 3 rings (SSSR count). The molecule has 25 heavy (non-hydrogen) atoms. The highest BCUT2D eigenvalue weighted by Gasteiger charge is 2.28. The molecule has 4 nitrogen and oxygen atoms in total. The SMILES string of the molecule is C[C@@H](NC(=O)C1CCN(C(=O)c2ccc(Cl)cc2)CC1)c1cccs1. The van der Waals surface area contributed by atoms with Gasteiger partial charge in [-0.05, 0) is 55.5 Å². The fourth-order valence-corrected chi connectivity index (χ4v) is 3.92. The van der Waals surface area contributed by atoms with Crippen molar-refractivity contribution in [3.8, 4) is 0 Å². The van der Waals surface area contributed by atoms with Crippen LogP contribution < -0.4 is 5.32 Å². The van der Waals surface area contributed by atoms with Crippen LogP contribution in [0.3, 0.4) is 0 Å². The molecular formula is C19H21ClN2O2S. The first-order chi connectivity index (χ1) is 12.0. The number of halogens is 1. The molecule has 1 aliphatic heterocycles. The van der Waals surface area contributed by atoms with Crippen molar-refractivity contribution in [2.45, 2.75) is 25.8 Å². The lowest BCUT2D eigenvalue weighted by Gasteiger charge is -2.32. The number of hydrogen-bond donors (Lipinski definition) is 1. The molecule has 1 aromatic heterocycles. The number of thiophene rings is 1. The van der Waals surface area contributed by atoms with Crippen LogP contribution in [0.2, 0.25) is 5.02 Å². The van der Waals surface area contributed by atoms with Crippen molar-refractivity contribution in [3.63, 3.8) is 0 Å². The van der Waals surface area contributed by atoms with Crippen LogP contribution in [0.4, 0.5) is 0 Å². The molecule has 1 aromatic carbocycles. The number of carbonyl (C=O) groups excluding carboxylic acids is 2. The minimum absolute atomic E-state index is 0.00229. The Hall–Kier alpha value is -1.85. The number of amides is 2. The maximum absolute atomic E-state index is 12.5. The lowest BCUT2D eigenvalue weighted by Crippen LogP contribution is -2.43. The largest absolute Gasteiger partial charge is 0.349 e. The summed E-state index contributed by atoms with van der Waals surface area (Å²) < 4.78 is 0. The van der Waals surface area contributed by atoms with Gasteiger partial charge in [-0.1, -0.05) is 17.7 Å². The van der Waals surface area contributed by atoms with Gasteiger partial charge in [0, 0.05) is 34.5 Å². The molecule has 0 spiro atoms. The zero-order chi connectivity index (χ0) is 17.8. The third kappa shape index (κ3) is 4.41. The van der Waals surface area contributed by atoms with Crippen molar-refractivity contribution in [1.29, 1.82) is 0 Å². The van der Waals surface area contributed by atoms with E-state index in [0.29, 0.717) is 36.5 Å². The average molecular weight is 377 g/mol. The molecule has 1 N–H and O–H groups in total. The highest BCUT2D eigenvalue weighted by molar-refractivity contribution is 7.10. The van der Waals surface area contributed by atoms with Gasteiger partial charge in [-0.3, -0.25) is 9.59 Å². The van der Waals surface area contributed by atoms with Gasteiger partial charge in [0.1, 0.15) is 0 Å². The van der Waals surface area contributed by atoms with E-state index in [4.69, 9.17) is 11.6 Å². The molecule has 0 saturated carbocycles. The van der Waals surface area contributed by atoms with Crippen LogP contribution in [0, 0.1) is 5.92 Å². The summed E-state index contributed by atoms with van der Waals surface area (Å²) >= 11 is 7.51. The van der Waals surface area contributed by atoms with Gasteiger partial charge in [0.25, 0.3) is 5.91 Å². The Balaban J connectivity index is 1.52. The molecule has 2 amide bonds. The topological polar surface area (TPSA) is 49.4 Å². The molecule has 0 aliphatic carbocycles. The molecule has 2 aromatic rings. The minimum atomic E-state index is -0.0309. The van der Waals surface area contributed by atoms with E-state index in [2.05, 4.69) is 5.32 Å². The summed E-state index contributed by atoms with van der Waals surface area (Å²) in [6, 6.07) is 11.0. The van der Waals surface area contributed by atoms with Crippen LogP contribution in [0.5, 0.6) is 0 Å². The first-order valence-electron chi connectivity index (χ1n) is 8.43. The third-order valence-corrected chi connectivity index (χ3v) is 5.88. The van der Waals surface area contributed by atoms with Crippen molar-refractivity contribution in [2.24, 2.45) is 5.92 Å². The number of benzene rings is 1. The van der Waals surface area contributed by atoms with E-state index in [0.717, 1.165) is 4.88 Å². The molecule has 0 bridgehead atoms. The Bertz CT molecular complexity index is 722. The van der Waals surface area contributed by atoms with Crippen LogP contribution in [-0.2, 0) is 4.79 Å². The Labute approximate surface area is 156 Å². The summed E-state index contributed by atoms with van der Waals surface area (Å²) in [7, 11) is 0. The normalized spacial score (nSPS) is 16.5. The van der Waals surface area contributed by atoms with Gasteiger partial charge in [0.2, 0.25) is 5.91 Å². The van der Waals surface area contributed by atoms with Crippen molar-refractivity contribution in [2.75, 3.05) is 13.1 Å². The Morgan fingerprint density at radius 1 is 1.20 bits per heavy atom. The molecule has 1 saturated heterocycles. The number of likely N-dealkylation sites (tertiary alicyclic amines) is 1. The Morgan fingerprint density at radius 3 is 2.48 bits per heavy atom. The van der Waals surface area contributed by atoms with E-state index in [1.54, 1.807) is 35.6 Å². The zero-order valence-electron chi connectivity index (χ0n) is 14.1. The van der Waals surface area contributed by atoms with Gasteiger partial charge in [-0.25, -0.2) is 0 Å². The second-order valence-corrected chi connectivity index (χ2v) is 7.73. The standard InChI is InChI=1S/C19H21ClN2O2S/c1-13(17-3-2-12-25-17)21-18(23)14-8-10-22(11-9-14)19(24)15-4-6-16(20)7-5-15/h2-7,12-14H,8-11H2,1H3,(H,21,23)/t13-/m1/s1. The molecule has 6 heteroatoms. The predicted octanol–water partition coefficient (Wildman–Crippen LogP) is 4.13. The van der Waals surface area contributed by atoms with Gasteiger partial charge in [0.05, 0.1) is 6.04 Å². The van der Waals surface area contributed by atoms with E-state index < -0.39 is 0 Å². The number of nitrogens with zero attached hydrogens (tertiary/aromatic N) is 1. The van der Waals surface area contributed by atoms with Crippen LogP contribution in [-0.4, -0.2) is 29.8 Å². The van der Waals surface area contributed by atoms with Crippen molar-refractivity contribution >= 4 is 34.8 Å². The number of rotatable bonds is 4. The number of piperidine rings is 1. The maximum atomic E-state index is 12.5. The molecule has 0 radical (unpaired) electrons. The molecule has 2 heterocycles. The Kier molecular flexibility index (Phi) is 5.76. The van der Waals surface area contributed by atoms with Crippen molar-refractivity contribution in [3.05, 3.63) is 57.2 Å². The number of nitrogens with one attached hydrogen (secondary N) is 1. The summed E-state index contributed by atoms with van der Waals surface area (Å²) in [6.45, 7) is 3.21. The summed E-state index contributed by atoms with van der Waals surface area (Å²) in [4.78, 5) is 27.9. The van der Waals surface area contributed by atoms with E-state index in [-0.39, 0.29) is 23.8 Å². The van der Waals surface area contributed by atoms with Crippen molar-refractivity contribution < 1.29 is 9.59 Å². The summed E-state index contributed by atoms with van der Waals surface area (Å²) in [5.74, 6) is 0.0543. The van der Waals surface area contributed by atoms with Gasteiger partial charge in [-0.2, -0.15) is 0 Å². The van der Waals surface area contributed by atoms with Crippen molar-refractivity contribution in [1.82, 2.24) is 10.2 Å². The second-order valence-electron chi connectivity index (χ2n) is 6.32. The van der Waals surface area contributed by atoms with Crippen LogP contribution in [0.25, 0.3) is 0 Å². The average Bonchev–Trinajstić information content (AvgIpc) is 3.17. The third-order valence-electron chi connectivity index (χ3n) is 4.57. The number of carbonyl (C=O) groups is 2. The van der Waals surface area contributed by atoms with E-state index in [1.165, 1.54) is 0 Å². The van der Waals surface area contributed by atoms with Crippen LogP contribution >= 0.6 is 22.9 Å². The van der Waals surface area contributed by atoms with E-state index >= 15 is 0 Å². The molecular weight excluding hydrogens is 356 g/mol. The minimum Gasteiger partial charge on any atom is -0.349 e. The van der Waals surface area contributed by atoms with Gasteiger partial charge < -0.3 is 10.2 Å².